The summed E-state index contributed by atoms with van der Waals surface area (Å²) >= 11 is 9.20. The van der Waals surface area contributed by atoms with Crippen LogP contribution in [-0.2, 0) is 4.79 Å². The summed E-state index contributed by atoms with van der Waals surface area (Å²) in [6.07, 6.45) is 2.80. The molecule has 0 radical (unpaired) electrons. The molecule has 0 heterocycles. The number of hydrogen-bond acceptors (Lipinski definition) is 3. The van der Waals surface area contributed by atoms with Gasteiger partial charge in [0.15, 0.2) is 0 Å². The fourth-order valence-corrected chi connectivity index (χ4v) is 2.10. The molecule has 0 atom stereocenters. The van der Waals surface area contributed by atoms with E-state index < -0.39 is 4.92 Å². The minimum Gasteiger partial charge on any atom is -0.322 e. The van der Waals surface area contributed by atoms with Crippen LogP contribution in [0.4, 0.5) is 11.4 Å². The van der Waals surface area contributed by atoms with Crippen LogP contribution in [0.15, 0.2) is 53.0 Å². The number of nitrogens with zero attached hydrogens (tertiary/aromatic N) is 1. The molecule has 0 unspecified atom stereocenters. The number of nitrogens with one attached hydrogen (secondary N) is 1. The van der Waals surface area contributed by atoms with Gasteiger partial charge in [-0.2, -0.15) is 0 Å². The first-order valence-corrected chi connectivity index (χ1v) is 7.31. The average molecular weight is 382 g/mol. The molecule has 2 rings (SSSR count). The van der Waals surface area contributed by atoms with Crippen LogP contribution in [0.2, 0.25) is 5.02 Å². The largest absolute Gasteiger partial charge is 0.322 e. The van der Waals surface area contributed by atoms with Crippen molar-refractivity contribution in [2.45, 2.75) is 0 Å². The maximum Gasteiger partial charge on any atom is 0.270 e. The molecule has 2 aromatic rings. The molecule has 5 nitrogen and oxygen atoms in total. The Kier molecular flexibility index (Phi) is 5.30. The van der Waals surface area contributed by atoms with E-state index in [2.05, 4.69) is 21.2 Å². The SMILES string of the molecule is O=C(/C=C/c1cccc([N+](=O)[O-])c1)Nc1ccc(Br)c(Cl)c1. The van der Waals surface area contributed by atoms with E-state index in [1.54, 1.807) is 30.3 Å². The summed E-state index contributed by atoms with van der Waals surface area (Å²) in [5, 5.41) is 13.8. The Balaban J connectivity index is 2.06. The van der Waals surface area contributed by atoms with Gasteiger partial charge < -0.3 is 5.32 Å². The number of non-ortho nitro benzene ring substituents is 1. The molecule has 1 amide bonds. The molecule has 0 bridgehead atoms. The molecule has 0 aliphatic carbocycles. The molecule has 7 heteroatoms. The summed E-state index contributed by atoms with van der Waals surface area (Å²) in [6, 6.07) is 11.1. The predicted octanol–water partition coefficient (Wildman–Crippen LogP) is 4.66. The van der Waals surface area contributed by atoms with Gasteiger partial charge in [0.2, 0.25) is 5.91 Å². The van der Waals surface area contributed by atoms with Crippen LogP contribution in [0.5, 0.6) is 0 Å². The number of nitro groups is 1. The third kappa shape index (κ3) is 4.41. The highest BCUT2D eigenvalue weighted by molar-refractivity contribution is 9.10. The van der Waals surface area contributed by atoms with Gasteiger partial charge in [0.05, 0.1) is 9.95 Å². The van der Waals surface area contributed by atoms with Crippen LogP contribution < -0.4 is 5.32 Å². The van der Waals surface area contributed by atoms with Crippen molar-refractivity contribution < 1.29 is 9.72 Å². The van der Waals surface area contributed by atoms with Crippen molar-refractivity contribution in [3.63, 3.8) is 0 Å². The number of benzene rings is 2. The van der Waals surface area contributed by atoms with Crippen LogP contribution >= 0.6 is 27.5 Å². The van der Waals surface area contributed by atoms with Gasteiger partial charge in [-0.15, -0.1) is 0 Å². The van der Waals surface area contributed by atoms with E-state index in [0.29, 0.717) is 16.3 Å². The third-order valence-electron chi connectivity index (χ3n) is 2.70. The van der Waals surface area contributed by atoms with E-state index in [9.17, 15) is 14.9 Å². The number of halogens is 2. The third-order valence-corrected chi connectivity index (χ3v) is 3.93. The monoisotopic (exact) mass is 380 g/mol. The van der Waals surface area contributed by atoms with Crippen molar-refractivity contribution in [3.8, 4) is 0 Å². The van der Waals surface area contributed by atoms with Crippen molar-refractivity contribution in [1.29, 1.82) is 0 Å². The summed E-state index contributed by atoms with van der Waals surface area (Å²) in [5.41, 5.74) is 1.10. The summed E-state index contributed by atoms with van der Waals surface area (Å²) in [6.45, 7) is 0. The Hall–Kier alpha value is -2.18. The van der Waals surface area contributed by atoms with E-state index in [-0.39, 0.29) is 11.6 Å². The van der Waals surface area contributed by atoms with Crippen molar-refractivity contribution in [2.75, 3.05) is 5.32 Å². The number of nitro benzene ring substituents is 1. The molecule has 112 valence electrons. The van der Waals surface area contributed by atoms with Gasteiger partial charge in [-0.1, -0.05) is 23.7 Å². The first kappa shape index (κ1) is 16.2. The van der Waals surface area contributed by atoms with Crippen LogP contribution in [0.25, 0.3) is 6.08 Å². The van der Waals surface area contributed by atoms with Gasteiger partial charge in [0, 0.05) is 28.4 Å². The number of rotatable bonds is 4. The number of anilines is 1. The summed E-state index contributed by atoms with van der Waals surface area (Å²) in [5.74, 6) is -0.357. The van der Waals surface area contributed by atoms with Gasteiger partial charge in [0.25, 0.3) is 5.69 Å². The minimum atomic E-state index is -0.485. The summed E-state index contributed by atoms with van der Waals surface area (Å²) < 4.78 is 0.735. The van der Waals surface area contributed by atoms with Crippen molar-refractivity contribution in [1.82, 2.24) is 0 Å². The number of carbonyl (C=O) groups excluding carboxylic acids is 1. The second-order valence-electron chi connectivity index (χ2n) is 4.30. The molecule has 22 heavy (non-hydrogen) atoms. The van der Waals surface area contributed by atoms with Gasteiger partial charge >= 0.3 is 0 Å². The zero-order valence-corrected chi connectivity index (χ0v) is 13.5. The molecule has 2 aromatic carbocycles. The van der Waals surface area contributed by atoms with Crippen LogP contribution in [0.3, 0.4) is 0 Å². The molecular weight excluding hydrogens is 372 g/mol. The average Bonchev–Trinajstić information content (AvgIpc) is 2.49. The number of amides is 1. The fraction of sp³-hybridized carbons (Fsp3) is 0. The lowest BCUT2D eigenvalue weighted by Gasteiger charge is -2.03. The minimum absolute atomic E-state index is 0.0257. The highest BCUT2D eigenvalue weighted by atomic mass is 79.9. The standard InChI is InChI=1S/C15H10BrClN2O3/c16-13-6-5-11(9-14(13)17)18-15(20)7-4-10-2-1-3-12(8-10)19(21)22/h1-9H,(H,18,20)/b7-4+. The smallest absolute Gasteiger partial charge is 0.270 e. The molecular formula is C15H10BrClN2O3. The zero-order chi connectivity index (χ0) is 16.1. The van der Waals surface area contributed by atoms with E-state index in [0.717, 1.165) is 4.47 Å². The molecule has 0 saturated heterocycles. The van der Waals surface area contributed by atoms with Crippen molar-refractivity contribution in [3.05, 3.63) is 73.7 Å². The van der Waals surface area contributed by atoms with E-state index in [1.807, 2.05) is 0 Å². The Morgan fingerprint density at radius 3 is 2.73 bits per heavy atom. The highest BCUT2D eigenvalue weighted by Crippen LogP contribution is 2.25. The Bertz CT molecular complexity index is 762. The fourth-order valence-electron chi connectivity index (χ4n) is 1.67. The topological polar surface area (TPSA) is 72.2 Å². The highest BCUT2D eigenvalue weighted by Gasteiger charge is 2.05. The number of hydrogen-bond donors (Lipinski definition) is 1. The van der Waals surface area contributed by atoms with E-state index in [1.165, 1.54) is 24.3 Å². The Labute approximate surface area is 139 Å². The van der Waals surface area contributed by atoms with Crippen LogP contribution in [0.1, 0.15) is 5.56 Å². The molecule has 0 aliphatic rings. The molecule has 0 fully saturated rings. The molecule has 0 aliphatic heterocycles. The molecule has 0 saturated carbocycles. The van der Waals surface area contributed by atoms with Gasteiger partial charge in [-0.05, 0) is 45.8 Å². The van der Waals surface area contributed by atoms with Crippen LogP contribution in [0, 0.1) is 10.1 Å². The quantitative estimate of drug-likeness (QED) is 0.475. The van der Waals surface area contributed by atoms with Gasteiger partial charge in [-0.25, -0.2) is 0 Å². The maximum absolute atomic E-state index is 11.8. The van der Waals surface area contributed by atoms with E-state index >= 15 is 0 Å². The Morgan fingerprint density at radius 2 is 2.05 bits per heavy atom. The summed E-state index contributed by atoms with van der Waals surface area (Å²) in [7, 11) is 0. The van der Waals surface area contributed by atoms with E-state index in [4.69, 9.17) is 11.6 Å². The maximum atomic E-state index is 11.8. The summed E-state index contributed by atoms with van der Waals surface area (Å²) in [4.78, 5) is 22.0. The lowest BCUT2D eigenvalue weighted by molar-refractivity contribution is -0.384. The van der Waals surface area contributed by atoms with Crippen molar-refractivity contribution >= 4 is 50.9 Å². The molecule has 0 aromatic heterocycles. The second kappa shape index (κ2) is 7.20. The molecule has 1 N–H and O–H groups in total. The second-order valence-corrected chi connectivity index (χ2v) is 5.57. The van der Waals surface area contributed by atoms with Gasteiger partial charge in [0.1, 0.15) is 0 Å². The molecule has 0 spiro atoms. The predicted molar refractivity (Wildman–Crippen MR) is 89.9 cm³/mol. The first-order valence-electron chi connectivity index (χ1n) is 6.14. The Morgan fingerprint density at radius 1 is 1.27 bits per heavy atom. The first-order chi connectivity index (χ1) is 10.5. The lowest BCUT2D eigenvalue weighted by Crippen LogP contribution is -2.07. The van der Waals surface area contributed by atoms with Gasteiger partial charge in [-0.3, -0.25) is 14.9 Å². The normalized spacial score (nSPS) is 10.6. The number of carbonyl (C=O) groups is 1. The van der Waals surface area contributed by atoms with Crippen LogP contribution in [-0.4, -0.2) is 10.8 Å². The lowest BCUT2D eigenvalue weighted by atomic mass is 10.2. The zero-order valence-electron chi connectivity index (χ0n) is 11.1. The van der Waals surface area contributed by atoms with Crippen molar-refractivity contribution in [2.24, 2.45) is 0 Å².